The molecule has 1 rings (SSSR count). The van der Waals surface area contributed by atoms with Crippen molar-refractivity contribution in [1.29, 1.82) is 5.41 Å². The van der Waals surface area contributed by atoms with Crippen LogP contribution >= 0.6 is 0 Å². The lowest BCUT2D eigenvalue weighted by Crippen LogP contribution is -2.30. The zero-order valence-corrected chi connectivity index (χ0v) is 11.7. The van der Waals surface area contributed by atoms with E-state index in [1.165, 1.54) is 19.2 Å². The summed E-state index contributed by atoms with van der Waals surface area (Å²) in [5.74, 6) is 0.186. The molecule has 0 unspecified atom stereocenters. The third-order valence-corrected chi connectivity index (χ3v) is 3.37. The van der Waals surface area contributed by atoms with Gasteiger partial charge in [-0.2, -0.15) is 13.1 Å². The fourth-order valence-electron chi connectivity index (χ4n) is 1.36. The van der Waals surface area contributed by atoms with E-state index in [-0.39, 0.29) is 11.5 Å². The molecule has 0 saturated heterocycles. The van der Waals surface area contributed by atoms with Gasteiger partial charge in [-0.3, -0.25) is 10.1 Å². The number of methoxy groups -OCH3 is 1. The Morgan fingerprint density at radius 1 is 1.47 bits per heavy atom. The Hall–Kier alpha value is -1.80. The topological polar surface area (TPSA) is 117 Å². The maximum absolute atomic E-state index is 11.7. The number of nitrogens with two attached hydrogens (primary N) is 1. The van der Waals surface area contributed by atoms with Gasteiger partial charge >= 0.3 is 0 Å². The summed E-state index contributed by atoms with van der Waals surface area (Å²) >= 11 is 0. The minimum atomic E-state index is -3.63. The molecule has 0 spiro atoms. The Bertz CT molecular complexity index is 557. The van der Waals surface area contributed by atoms with Gasteiger partial charge < -0.3 is 10.5 Å². The highest BCUT2D eigenvalue weighted by Crippen LogP contribution is 2.26. The van der Waals surface area contributed by atoms with Crippen molar-refractivity contribution in [2.75, 3.05) is 18.4 Å². The molecule has 0 amide bonds. The van der Waals surface area contributed by atoms with E-state index >= 15 is 0 Å². The first kappa shape index (κ1) is 15.3. The number of hydrogen-bond acceptors (Lipinski definition) is 4. The average Bonchev–Trinajstić information content (AvgIpc) is 2.36. The predicted octanol–water partition coefficient (Wildman–Crippen LogP) is 0.636. The van der Waals surface area contributed by atoms with Crippen molar-refractivity contribution in [2.45, 2.75) is 13.3 Å². The molecule has 1 aromatic carbocycles. The van der Waals surface area contributed by atoms with Gasteiger partial charge in [0, 0.05) is 12.1 Å². The van der Waals surface area contributed by atoms with Crippen LogP contribution in [0.1, 0.15) is 18.9 Å². The number of amidine groups is 1. The van der Waals surface area contributed by atoms with Gasteiger partial charge in [-0.15, -0.1) is 0 Å². The smallest absolute Gasteiger partial charge is 0.299 e. The maximum atomic E-state index is 11.7. The zero-order valence-electron chi connectivity index (χ0n) is 10.9. The molecule has 1 aromatic rings. The normalized spacial score (nSPS) is 11.1. The minimum absolute atomic E-state index is 0.114. The summed E-state index contributed by atoms with van der Waals surface area (Å²) in [6.07, 6.45) is 0.696. The van der Waals surface area contributed by atoms with Crippen molar-refractivity contribution in [2.24, 2.45) is 5.73 Å². The number of hydrogen-bond donors (Lipinski definition) is 4. The van der Waals surface area contributed by atoms with E-state index in [2.05, 4.69) is 9.44 Å². The van der Waals surface area contributed by atoms with Gasteiger partial charge in [-0.25, -0.2) is 0 Å². The van der Waals surface area contributed by atoms with E-state index in [0.717, 1.165) is 0 Å². The molecule has 0 bridgehead atoms. The quantitative estimate of drug-likeness (QED) is 0.434. The molecule has 19 heavy (non-hydrogen) atoms. The summed E-state index contributed by atoms with van der Waals surface area (Å²) in [6.45, 7) is 2.22. The number of ether oxygens (including phenoxy) is 1. The Labute approximate surface area is 112 Å². The lowest BCUT2D eigenvalue weighted by atomic mass is 10.2. The van der Waals surface area contributed by atoms with Gasteiger partial charge in [0.1, 0.15) is 11.6 Å². The summed E-state index contributed by atoms with van der Waals surface area (Å²) in [6, 6.07) is 4.54. The lowest BCUT2D eigenvalue weighted by Gasteiger charge is -2.13. The molecule has 0 fully saturated rings. The summed E-state index contributed by atoms with van der Waals surface area (Å²) in [5, 5.41) is 7.32. The van der Waals surface area contributed by atoms with Crippen LogP contribution in [0.2, 0.25) is 0 Å². The Morgan fingerprint density at radius 2 is 2.16 bits per heavy atom. The molecule has 0 aliphatic heterocycles. The molecule has 7 nitrogen and oxygen atoms in total. The van der Waals surface area contributed by atoms with Crippen LogP contribution in [0, 0.1) is 5.41 Å². The maximum Gasteiger partial charge on any atom is 0.299 e. The average molecular weight is 286 g/mol. The second-order valence-electron chi connectivity index (χ2n) is 3.83. The Morgan fingerprint density at radius 3 is 2.68 bits per heavy atom. The van der Waals surface area contributed by atoms with E-state index in [4.69, 9.17) is 15.9 Å². The van der Waals surface area contributed by atoms with Crippen LogP contribution in [-0.2, 0) is 10.2 Å². The largest absolute Gasteiger partial charge is 0.495 e. The fourth-order valence-corrected chi connectivity index (χ4v) is 2.36. The van der Waals surface area contributed by atoms with Crippen molar-refractivity contribution in [3.63, 3.8) is 0 Å². The van der Waals surface area contributed by atoms with Gasteiger partial charge in [0.2, 0.25) is 0 Å². The number of nitrogen functional groups attached to an aromatic ring is 1. The van der Waals surface area contributed by atoms with Crippen molar-refractivity contribution >= 4 is 21.7 Å². The SMILES string of the molecule is CCCNS(=O)(=O)Nc1ccc(C(=N)N)cc1OC. The van der Waals surface area contributed by atoms with E-state index < -0.39 is 10.2 Å². The van der Waals surface area contributed by atoms with Crippen LogP contribution in [0.3, 0.4) is 0 Å². The van der Waals surface area contributed by atoms with Gasteiger partial charge in [0.25, 0.3) is 10.2 Å². The molecule has 8 heteroatoms. The third-order valence-electron chi connectivity index (χ3n) is 2.30. The Balaban J connectivity index is 2.98. The van der Waals surface area contributed by atoms with E-state index in [9.17, 15) is 8.42 Å². The molecular weight excluding hydrogens is 268 g/mol. The molecule has 0 aliphatic carbocycles. The molecular formula is C11H18N4O3S. The highest BCUT2D eigenvalue weighted by molar-refractivity contribution is 7.90. The van der Waals surface area contributed by atoms with Crippen LogP contribution in [0.25, 0.3) is 0 Å². The molecule has 106 valence electrons. The van der Waals surface area contributed by atoms with Crippen molar-refractivity contribution < 1.29 is 13.2 Å². The van der Waals surface area contributed by atoms with Gasteiger partial charge in [0.15, 0.2) is 0 Å². The standard InChI is InChI=1S/C11H18N4O3S/c1-3-6-14-19(16,17)15-9-5-4-8(11(12)13)7-10(9)18-2/h4-5,7,14-15H,3,6H2,1-2H3,(H3,12,13). The van der Waals surface area contributed by atoms with E-state index in [1.807, 2.05) is 6.92 Å². The third kappa shape index (κ3) is 4.42. The first-order valence-corrected chi connectivity index (χ1v) is 7.17. The molecule has 0 radical (unpaired) electrons. The van der Waals surface area contributed by atoms with E-state index in [1.54, 1.807) is 6.07 Å². The first-order valence-electron chi connectivity index (χ1n) is 5.69. The molecule has 0 aliphatic rings. The van der Waals surface area contributed by atoms with Gasteiger partial charge in [-0.05, 0) is 24.6 Å². The van der Waals surface area contributed by atoms with Crippen LogP contribution in [0.5, 0.6) is 5.75 Å². The molecule has 5 N–H and O–H groups in total. The molecule has 0 saturated carbocycles. The second-order valence-corrected chi connectivity index (χ2v) is 5.33. The molecule has 0 aromatic heterocycles. The summed E-state index contributed by atoms with van der Waals surface area (Å²) in [5.41, 5.74) is 6.10. The highest BCUT2D eigenvalue weighted by atomic mass is 32.2. The highest BCUT2D eigenvalue weighted by Gasteiger charge is 2.13. The van der Waals surface area contributed by atoms with Crippen molar-refractivity contribution in [1.82, 2.24) is 4.72 Å². The first-order chi connectivity index (χ1) is 8.89. The number of benzene rings is 1. The minimum Gasteiger partial charge on any atom is -0.495 e. The van der Waals surface area contributed by atoms with Crippen LogP contribution < -0.4 is 19.9 Å². The van der Waals surface area contributed by atoms with Gasteiger partial charge in [0.05, 0.1) is 12.8 Å². The Kier molecular flexibility index (Phi) is 5.13. The van der Waals surface area contributed by atoms with Crippen LogP contribution in [0.15, 0.2) is 18.2 Å². The lowest BCUT2D eigenvalue weighted by molar-refractivity contribution is 0.416. The van der Waals surface area contributed by atoms with Crippen molar-refractivity contribution in [3.8, 4) is 5.75 Å². The fraction of sp³-hybridized carbons (Fsp3) is 0.364. The number of anilines is 1. The zero-order chi connectivity index (χ0) is 14.5. The molecule has 0 atom stereocenters. The van der Waals surface area contributed by atoms with E-state index in [0.29, 0.717) is 24.3 Å². The predicted molar refractivity (Wildman–Crippen MR) is 74.8 cm³/mol. The molecule has 0 heterocycles. The van der Waals surface area contributed by atoms with Gasteiger partial charge in [-0.1, -0.05) is 6.92 Å². The van der Waals surface area contributed by atoms with Crippen molar-refractivity contribution in [3.05, 3.63) is 23.8 Å². The summed E-state index contributed by atoms with van der Waals surface area (Å²) in [7, 11) is -2.21. The summed E-state index contributed by atoms with van der Waals surface area (Å²) < 4.78 is 33.2. The second kappa shape index (κ2) is 6.39. The monoisotopic (exact) mass is 286 g/mol. The number of rotatable bonds is 7. The summed E-state index contributed by atoms with van der Waals surface area (Å²) in [4.78, 5) is 0. The van der Waals surface area contributed by atoms with Crippen LogP contribution in [-0.4, -0.2) is 27.9 Å². The number of nitrogens with one attached hydrogen (secondary N) is 3. The van der Waals surface area contributed by atoms with Crippen LogP contribution in [0.4, 0.5) is 5.69 Å².